The maximum Gasteiger partial charge on any atom is 0.150 e. The van der Waals surface area contributed by atoms with E-state index in [1.807, 2.05) is 12.1 Å². The van der Waals surface area contributed by atoms with Crippen LogP contribution in [-0.2, 0) is 13.0 Å². The topological polar surface area (TPSA) is 49.2 Å². The van der Waals surface area contributed by atoms with Gasteiger partial charge in [0.25, 0.3) is 0 Å². The minimum atomic E-state index is -0.313. The summed E-state index contributed by atoms with van der Waals surface area (Å²) in [5, 5.41) is 8.44. The number of benzene rings is 2. The number of anilines is 1. The summed E-state index contributed by atoms with van der Waals surface area (Å²) in [6, 6.07) is 11.5. The summed E-state index contributed by atoms with van der Waals surface area (Å²) in [5.41, 5.74) is 5.87. The Balaban J connectivity index is 1.59. The minimum Gasteiger partial charge on any atom is -0.351 e. The Bertz CT molecular complexity index is 1800. The first-order valence-corrected chi connectivity index (χ1v) is 11.8. The lowest BCUT2D eigenvalue weighted by atomic mass is 9.97. The predicted octanol–water partition coefficient (Wildman–Crippen LogP) is 6.83. The summed E-state index contributed by atoms with van der Waals surface area (Å²) in [5.74, 6) is 0.387. The molecular weight excluding hydrogens is 472 g/mol. The fourth-order valence-corrected chi connectivity index (χ4v) is 5.97. The number of nitrogens with zero attached hydrogens (tertiary/aromatic N) is 4. The van der Waals surface area contributed by atoms with Gasteiger partial charge in [-0.3, -0.25) is 14.6 Å². The zero-order valence-electron chi connectivity index (χ0n) is 18.2. The van der Waals surface area contributed by atoms with E-state index in [0.717, 1.165) is 62.4 Å². The second-order valence-electron chi connectivity index (χ2n) is 8.84. The van der Waals surface area contributed by atoms with Crippen LogP contribution in [0, 0.1) is 12.7 Å². The number of nitrogens with one attached hydrogen (secondary N) is 1. The molecule has 0 radical (unpaired) electrons. The maximum atomic E-state index is 15.2. The first kappa shape index (κ1) is 20.1. The summed E-state index contributed by atoms with van der Waals surface area (Å²) in [6.45, 7) is 3.46. The second-order valence-corrected chi connectivity index (χ2v) is 9.69. The number of aryl methyl sites for hydroxylation is 1. The monoisotopic (exact) mass is 489 g/mol. The van der Waals surface area contributed by atoms with Gasteiger partial charge in [0.2, 0.25) is 0 Å². The van der Waals surface area contributed by atoms with Crippen LogP contribution in [0.15, 0.2) is 48.8 Å². The Morgan fingerprint density at radius 3 is 2.76 bits per heavy atom. The van der Waals surface area contributed by atoms with Crippen LogP contribution < -0.4 is 4.90 Å². The van der Waals surface area contributed by atoms with E-state index in [4.69, 9.17) is 23.2 Å². The van der Waals surface area contributed by atoms with Crippen molar-refractivity contribution in [2.24, 2.45) is 0 Å². The lowest BCUT2D eigenvalue weighted by molar-refractivity contribution is 0.639. The number of para-hydroxylation sites is 1. The molecule has 168 valence electrons. The molecule has 1 aliphatic rings. The summed E-state index contributed by atoms with van der Waals surface area (Å²) in [6.07, 6.45) is 4.08. The molecule has 0 amide bonds. The van der Waals surface area contributed by atoms with Gasteiger partial charge in [-0.2, -0.15) is 0 Å². The highest BCUT2D eigenvalue weighted by molar-refractivity contribution is 6.36. The van der Waals surface area contributed by atoms with Gasteiger partial charge in [-0.15, -0.1) is 0 Å². The number of aromatic nitrogens is 4. The van der Waals surface area contributed by atoms with E-state index in [0.29, 0.717) is 27.9 Å². The van der Waals surface area contributed by atoms with Crippen molar-refractivity contribution in [3.63, 3.8) is 0 Å². The minimum absolute atomic E-state index is 0.313. The van der Waals surface area contributed by atoms with Gasteiger partial charge in [0.05, 0.1) is 21.1 Å². The van der Waals surface area contributed by atoms with E-state index in [1.165, 1.54) is 0 Å². The molecule has 5 heterocycles. The molecule has 1 N–H and O–H groups in total. The molecule has 0 saturated carbocycles. The van der Waals surface area contributed by atoms with Gasteiger partial charge >= 0.3 is 0 Å². The van der Waals surface area contributed by atoms with Crippen molar-refractivity contribution in [2.45, 2.75) is 19.9 Å². The van der Waals surface area contributed by atoms with Crippen LogP contribution in [0.2, 0.25) is 10.0 Å². The number of hydrogen-bond donors (Lipinski definition) is 1. The molecular formula is C26H18Cl2FN5. The molecule has 0 saturated heterocycles. The first-order chi connectivity index (χ1) is 16.5. The average molecular weight is 490 g/mol. The molecule has 8 heteroatoms. The average Bonchev–Trinajstić information content (AvgIpc) is 3.44. The number of pyridine rings is 2. The van der Waals surface area contributed by atoms with Crippen molar-refractivity contribution in [2.75, 3.05) is 11.4 Å². The van der Waals surface area contributed by atoms with Crippen molar-refractivity contribution in [3.05, 3.63) is 81.5 Å². The molecule has 2 aromatic carbocycles. The Morgan fingerprint density at radius 1 is 1.03 bits per heavy atom. The molecule has 0 unspecified atom stereocenters. The van der Waals surface area contributed by atoms with Crippen LogP contribution >= 0.6 is 23.2 Å². The van der Waals surface area contributed by atoms with Gasteiger partial charge in [0.15, 0.2) is 0 Å². The second kappa shape index (κ2) is 7.08. The van der Waals surface area contributed by atoms with E-state index < -0.39 is 0 Å². The van der Waals surface area contributed by atoms with Crippen LogP contribution in [0.5, 0.6) is 0 Å². The summed E-state index contributed by atoms with van der Waals surface area (Å²) < 4.78 is 17.3. The predicted molar refractivity (Wildman–Crippen MR) is 136 cm³/mol. The van der Waals surface area contributed by atoms with Gasteiger partial charge < -0.3 is 4.90 Å². The third kappa shape index (κ3) is 2.67. The molecule has 0 atom stereocenters. The Morgan fingerprint density at radius 2 is 1.91 bits per heavy atom. The highest BCUT2D eigenvalue weighted by atomic mass is 35.5. The number of halogens is 3. The Kier molecular flexibility index (Phi) is 4.17. The SMILES string of the molecule is Cc1cccc2c3c4ccnc4c(F)cc3c3c4c([nH]n3c12)CCN(c1ncc(Cl)cc1Cl)C4. The van der Waals surface area contributed by atoms with E-state index in [-0.39, 0.29) is 5.82 Å². The lowest BCUT2D eigenvalue weighted by Gasteiger charge is -2.28. The lowest BCUT2D eigenvalue weighted by Crippen LogP contribution is -2.31. The van der Waals surface area contributed by atoms with Gasteiger partial charge in [-0.05, 0) is 30.7 Å². The van der Waals surface area contributed by atoms with Crippen molar-refractivity contribution in [3.8, 4) is 0 Å². The van der Waals surface area contributed by atoms with Crippen molar-refractivity contribution in [1.82, 2.24) is 19.6 Å². The van der Waals surface area contributed by atoms with Crippen molar-refractivity contribution >= 4 is 67.1 Å². The van der Waals surface area contributed by atoms with Crippen LogP contribution in [0.3, 0.4) is 0 Å². The highest BCUT2D eigenvalue weighted by Crippen LogP contribution is 2.40. The molecule has 1 aliphatic heterocycles. The fourth-order valence-electron chi connectivity index (χ4n) is 5.48. The normalized spacial score (nSPS) is 14.1. The molecule has 4 aromatic heterocycles. The molecule has 0 fully saturated rings. The van der Waals surface area contributed by atoms with E-state index >= 15 is 4.39 Å². The smallest absolute Gasteiger partial charge is 0.150 e. The first-order valence-electron chi connectivity index (χ1n) is 11.1. The Labute approximate surface area is 203 Å². The van der Waals surface area contributed by atoms with Crippen LogP contribution in [0.4, 0.5) is 10.2 Å². The fraction of sp³-hybridized carbons (Fsp3) is 0.154. The molecule has 0 bridgehead atoms. The van der Waals surface area contributed by atoms with Crippen LogP contribution in [0.25, 0.3) is 38.1 Å². The maximum absolute atomic E-state index is 15.2. The highest BCUT2D eigenvalue weighted by Gasteiger charge is 2.27. The molecule has 7 rings (SSSR count). The zero-order valence-corrected chi connectivity index (χ0v) is 19.7. The van der Waals surface area contributed by atoms with E-state index in [1.54, 1.807) is 24.5 Å². The number of fused-ring (bicyclic) bond motifs is 10. The number of rotatable bonds is 1. The number of H-pyrrole nitrogens is 1. The summed E-state index contributed by atoms with van der Waals surface area (Å²) >= 11 is 12.6. The van der Waals surface area contributed by atoms with Gasteiger partial charge in [-0.25, -0.2) is 9.37 Å². The summed E-state index contributed by atoms with van der Waals surface area (Å²) in [7, 11) is 0. The van der Waals surface area contributed by atoms with E-state index in [2.05, 4.69) is 43.5 Å². The quantitative estimate of drug-likeness (QED) is 0.257. The molecule has 0 spiro atoms. The molecule has 5 nitrogen and oxygen atoms in total. The zero-order chi connectivity index (χ0) is 23.1. The molecule has 0 aliphatic carbocycles. The Hall–Kier alpha value is -3.35. The van der Waals surface area contributed by atoms with E-state index in [9.17, 15) is 0 Å². The molecule has 34 heavy (non-hydrogen) atoms. The largest absolute Gasteiger partial charge is 0.351 e. The summed E-state index contributed by atoms with van der Waals surface area (Å²) in [4.78, 5) is 10.9. The van der Waals surface area contributed by atoms with Crippen molar-refractivity contribution in [1.29, 1.82) is 0 Å². The van der Waals surface area contributed by atoms with Crippen LogP contribution in [0.1, 0.15) is 16.8 Å². The number of aromatic amines is 1. The van der Waals surface area contributed by atoms with Crippen molar-refractivity contribution < 1.29 is 4.39 Å². The molecule has 6 aromatic rings. The standard InChI is InChI=1S/C26H18Cl2FN5/c1-13-3-2-4-16-22-15-5-7-30-23(15)20(29)10-17(22)25-18-12-33(26-19(28)9-14(27)11-31-26)8-6-21(18)32-34(25)24(13)16/h2-5,7,9-11,32H,6,8,12H2,1H3. The van der Waals surface area contributed by atoms with Crippen LogP contribution in [-0.4, -0.2) is 26.1 Å². The number of hydrogen-bond acceptors (Lipinski definition) is 3. The third-order valence-corrected chi connectivity index (χ3v) is 7.40. The van der Waals surface area contributed by atoms with Gasteiger partial charge in [0, 0.05) is 64.7 Å². The third-order valence-electron chi connectivity index (χ3n) is 6.91. The van der Waals surface area contributed by atoms with Gasteiger partial charge in [-0.1, -0.05) is 41.4 Å². The van der Waals surface area contributed by atoms with Gasteiger partial charge in [0.1, 0.15) is 17.2 Å².